The van der Waals surface area contributed by atoms with E-state index in [0.29, 0.717) is 12.5 Å². The molecule has 0 saturated carbocycles. The lowest BCUT2D eigenvalue weighted by atomic mass is 9.98. The summed E-state index contributed by atoms with van der Waals surface area (Å²) in [6.45, 7) is 13.6. The highest BCUT2D eigenvalue weighted by atomic mass is 28.4. The fraction of sp³-hybridized carbons (Fsp3) is 0.364. The molecule has 2 aromatic carbocycles. The van der Waals surface area contributed by atoms with Crippen LogP contribution in [0.3, 0.4) is 0 Å². The van der Waals surface area contributed by atoms with Crippen molar-refractivity contribution in [2.45, 2.75) is 38.8 Å². The number of ether oxygens (including phenoxy) is 1. The van der Waals surface area contributed by atoms with E-state index in [9.17, 15) is 0 Å². The first-order valence-corrected chi connectivity index (χ1v) is 10.9. The Labute approximate surface area is 152 Å². The van der Waals surface area contributed by atoms with Gasteiger partial charge in [-0.1, -0.05) is 94.9 Å². The van der Waals surface area contributed by atoms with Crippen molar-refractivity contribution in [1.82, 2.24) is 0 Å². The zero-order valence-electron chi connectivity index (χ0n) is 15.7. The summed E-state index contributed by atoms with van der Waals surface area (Å²) in [6, 6.07) is 21.4. The van der Waals surface area contributed by atoms with Crippen molar-refractivity contribution in [3.05, 3.63) is 73.0 Å². The van der Waals surface area contributed by atoms with Crippen LogP contribution >= 0.6 is 0 Å². The number of hydrogen-bond donors (Lipinski definition) is 0. The average molecular weight is 353 g/mol. The summed E-state index contributed by atoms with van der Waals surface area (Å²) in [7, 11) is -2.46. The minimum absolute atomic E-state index is 0.000297. The lowest BCUT2D eigenvalue weighted by molar-refractivity contribution is -0.0603. The van der Waals surface area contributed by atoms with Crippen LogP contribution in [0.2, 0.25) is 5.04 Å². The van der Waals surface area contributed by atoms with Crippen LogP contribution in [0.5, 0.6) is 0 Å². The number of rotatable bonds is 5. The maximum atomic E-state index is 6.86. The molecule has 0 spiro atoms. The maximum Gasteiger partial charge on any atom is 0.261 e. The molecule has 0 amide bonds. The number of benzene rings is 2. The third kappa shape index (κ3) is 3.19. The molecule has 2 atom stereocenters. The molecule has 2 nitrogen and oxygen atoms in total. The van der Waals surface area contributed by atoms with Crippen molar-refractivity contribution in [2.24, 2.45) is 5.92 Å². The van der Waals surface area contributed by atoms with Crippen LogP contribution in [0.4, 0.5) is 0 Å². The van der Waals surface area contributed by atoms with Crippen molar-refractivity contribution < 1.29 is 9.16 Å². The van der Waals surface area contributed by atoms with Crippen molar-refractivity contribution >= 4 is 18.7 Å². The normalized spacial score (nSPS) is 20.7. The molecule has 0 N–H and O–H groups in total. The van der Waals surface area contributed by atoms with Gasteiger partial charge in [0.05, 0.1) is 18.3 Å². The molecule has 2 unspecified atom stereocenters. The Bertz CT molecular complexity index is 679. The van der Waals surface area contributed by atoms with E-state index in [2.05, 4.69) is 94.9 Å². The molecular weight excluding hydrogens is 324 g/mol. The molecule has 1 fully saturated rings. The molecule has 0 bridgehead atoms. The highest BCUT2D eigenvalue weighted by Crippen LogP contribution is 2.38. The van der Waals surface area contributed by atoms with E-state index in [4.69, 9.17) is 9.16 Å². The topological polar surface area (TPSA) is 18.5 Å². The van der Waals surface area contributed by atoms with Gasteiger partial charge in [-0.3, -0.25) is 0 Å². The Hall–Kier alpha value is -1.84. The first kappa shape index (κ1) is 18.0. The van der Waals surface area contributed by atoms with E-state index >= 15 is 0 Å². The standard InChI is InChI=1S/C22H28O2Si/c1-17-18(2)24-21(17)16-23-25(22(3,4)5,19-12-8-6-9-13-19)20-14-10-7-11-15-20/h6-15,17,21H,2,16H2,1,3-5H3. The molecule has 132 valence electrons. The SMILES string of the molecule is C=C1OC(CO[Si](c2ccccc2)(c2ccccc2)C(C)(C)C)C1C. The van der Waals surface area contributed by atoms with Crippen LogP contribution < -0.4 is 10.4 Å². The summed E-state index contributed by atoms with van der Waals surface area (Å²) in [5, 5.41) is 2.61. The molecule has 3 heteroatoms. The second-order valence-corrected chi connectivity index (χ2v) is 12.2. The summed E-state index contributed by atoms with van der Waals surface area (Å²) in [6.07, 6.45) is 0.106. The Kier molecular flexibility index (Phi) is 4.89. The van der Waals surface area contributed by atoms with Crippen LogP contribution in [0, 0.1) is 5.92 Å². The summed E-state index contributed by atoms with van der Waals surface area (Å²) in [5.41, 5.74) is 0. The zero-order chi connectivity index (χ0) is 18.1. The van der Waals surface area contributed by atoms with E-state index in [0.717, 1.165) is 5.76 Å². The first-order valence-electron chi connectivity index (χ1n) is 8.97. The third-order valence-electron chi connectivity index (χ3n) is 5.25. The van der Waals surface area contributed by atoms with E-state index in [-0.39, 0.29) is 11.1 Å². The van der Waals surface area contributed by atoms with Gasteiger partial charge in [-0.15, -0.1) is 0 Å². The highest BCUT2D eigenvalue weighted by molar-refractivity contribution is 6.99. The minimum Gasteiger partial charge on any atom is -0.492 e. The van der Waals surface area contributed by atoms with Crippen molar-refractivity contribution in [3.8, 4) is 0 Å². The zero-order valence-corrected chi connectivity index (χ0v) is 16.7. The molecule has 1 aliphatic heterocycles. The van der Waals surface area contributed by atoms with Gasteiger partial charge in [0.15, 0.2) is 0 Å². The molecule has 2 aromatic rings. The maximum absolute atomic E-state index is 6.86. The Morgan fingerprint density at radius 2 is 1.44 bits per heavy atom. The lowest BCUT2D eigenvalue weighted by Gasteiger charge is -2.45. The quantitative estimate of drug-likeness (QED) is 0.754. The predicted octanol–water partition coefficient (Wildman–Crippen LogP) is 4.11. The van der Waals surface area contributed by atoms with Crippen molar-refractivity contribution in [2.75, 3.05) is 6.61 Å². The molecule has 25 heavy (non-hydrogen) atoms. The molecule has 1 aliphatic rings. The minimum atomic E-state index is -2.46. The Balaban J connectivity index is 2.04. The van der Waals surface area contributed by atoms with Crippen molar-refractivity contribution in [1.29, 1.82) is 0 Å². The fourth-order valence-corrected chi connectivity index (χ4v) is 8.26. The molecule has 0 aliphatic carbocycles. The van der Waals surface area contributed by atoms with Gasteiger partial charge < -0.3 is 9.16 Å². The largest absolute Gasteiger partial charge is 0.492 e. The smallest absolute Gasteiger partial charge is 0.261 e. The van der Waals surface area contributed by atoms with E-state index in [1.807, 2.05) is 0 Å². The highest BCUT2D eigenvalue weighted by Gasteiger charge is 2.51. The van der Waals surface area contributed by atoms with Crippen LogP contribution in [-0.4, -0.2) is 21.0 Å². The average Bonchev–Trinajstić information content (AvgIpc) is 2.61. The summed E-state index contributed by atoms with van der Waals surface area (Å²) in [4.78, 5) is 0. The third-order valence-corrected chi connectivity index (χ3v) is 10.3. The molecule has 0 radical (unpaired) electrons. The van der Waals surface area contributed by atoms with Gasteiger partial charge in [-0.25, -0.2) is 0 Å². The Morgan fingerprint density at radius 3 is 1.80 bits per heavy atom. The second kappa shape index (κ2) is 6.81. The fourth-order valence-electron chi connectivity index (χ4n) is 3.69. The van der Waals surface area contributed by atoms with Gasteiger partial charge in [-0.2, -0.15) is 0 Å². The van der Waals surface area contributed by atoms with Gasteiger partial charge in [0.25, 0.3) is 8.32 Å². The molecule has 3 rings (SSSR count). The monoisotopic (exact) mass is 352 g/mol. The summed E-state index contributed by atoms with van der Waals surface area (Å²) >= 11 is 0. The van der Waals surface area contributed by atoms with Gasteiger partial charge in [0, 0.05) is 0 Å². The summed E-state index contributed by atoms with van der Waals surface area (Å²) in [5.74, 6) is 1.23. The predicted molar refractivity (Wildman–Crippen MR) is 107 cm³/mol. The van der Waals surface area contributed by atoms with E-state index in [1.165, 1.54) is 10.4 Å². The lowest BCUT2D eigenvalue weighted by Crippen LogP contribution is -2.67. The molecule has 0 aromatic heterocycles. The van der Waals surface area contributed by atoms with Gasteiger partial charge in [0.2, 0.25) is 0 Å². The van der Waals surface area contributed by atoms with Crippen LogP contribution in [-0.2, 0) is 9.16 Å². The van der Waals surface area contributed by atoms with E-state index in [1.54, 1.807) is 0 Å². The molecular formula is C22H28O2Si. The van der Waals surface area contributed by atoms with E-state index < -0.39 is 8.32 Å². The number of hydrogen-bond acceptors (Lipinski definition) is 2. The first-order chi connectivity index (χ1) is 11.9. The van der Waals surface area contributed by atoms with Crippen molar-refractivity contribution in [3.63, 3.8) is 0 Å². The van der Waals surface area contributed by atoms with Gasteiger partial charge >= 0.3 is 0 Å². The van der Waals surface area contributed by atoms with Gasteiger partial charge in [0.1, 0.15) is 6.10 Å². The van der Waals surface area contributed by atoms with Gasteiger partial charge in [-0.05, 0) is 15.4 Å². The van der Waals surface area contributed by atoms with Crippen LogP contribution in [0.15, 0.2) is 73.0 Å². The molecule has 1 saturated heterocycles. The molecule has 1 heterocycles. The summed E-state index contributed by atoms with van der Waals surface area (Å²) < 4.78 is 12.6. The second-order valence-electron chi connectivity index (χ2n) is 7.89. The Morgan fingerprint density at radius 1 is 0.960 bits per heavy atom. The van der Waals surface area contributed by atoms with Crippen LogP contribution in [0.1, 0.15) is 27.7 Å². The van der Waals surface area contributed by atoms with Crippen LogP contribution in [0.25, 0.3) is 0 Å².